The van der Waals surface area contributed by atoms with Gasteiger partial charge in [0.05, 0.1) is 12.0 Å². The van der Waals surface area contributed by atoms with Crippen molar-refractivity contribution in [2.24, 2.45) is 0 Å². The summed E-state index contributed by atoms with van der Waals surface area (Å²) >= 11 is 0. The van der Waals surface area contributed by atoms with Gasteiger partial charge in [0, 0.05) is 19.3 Å². The third kappa shape index (κ3) is 6.17. The summed E-state index contributed by atoms with van der Waals surface area (Å²) in [5, 5.41) is 6.23. The van der Waals surface area contributed by atoms with Gasteiger partial charge in [-0.2, -0.15) is 0 Å². The van der Waals surface area contributed by atoms with Crippen LogP contribution in [0.25, 0.3) is 0 Å². The summed E-state index contributed by atoms with van der Waals surface area (Å²) in [5.41, 5.74) is 1.60. The number of hydrogen-bond acceptors (Lipinski definition) is 3. The number of amides is 1. The summed E-state index contributed by atoms with van der Waals surface area (Å²) in [4.78, 5) is 11.9. The Morgan fingerprint density at radius 3 is 2.45 bits per heavy atom. The first-order valence-electron chi connectivity index (χ1n) is 7.11. The largest absolute Gasteiger partial charge is 0.378 e. The summed E-state index contributed by atoms with van der Waals surface area (Å²) in [5.74, 6) is -0.0336. The molecule has 0 heterocycles. The number of methoxy groups -OCH3 is 1. The molecule has 0 aliphatic rings. The van der Waals surface area contributed by atoms with Gasteiger partial charge in [-0.3, -0.25) is 4.79 Å². The van der Waals surface area contributed by atoms with Crippen LogP contribution >= 0.6 is 0 Å². The van der Waals surface area contributed by atoms with Crippen LogP contribution < -0.4 is 10.6 Å². The van der Waals surface area contributed by atoms with Gasteiger partial charge in [-0.15, -0.1) is 0 Å². The van der Waals surface area contributed by atoms with Crippen LogP contribution in [0.1, 0.15) is 39.2 Å². The fraction of sp³-hybridized carbons (Fsp3) is 0.562. The first kappa shape index (κ1) is 16.7. The molecule has 0 aliphatic heterocycles. The van der Waals surface area contributed by atoms with Crippen LogP contribution in [-0.2, 0) is 16.1 Å². The van der Waals surface area contributed by atoms with Gasteiger partial charge in [-0.1, -0.05) is 19.1 Å². The highest BCUT2D eigenvalue weighted by molar-refractivity contribution is 5.91. The zero-order chi connectivity index (χ0) is 15.0. The molecule has 1 rings (SSSR count). The SMILES string of the molecule is CCCNCc1ccc(NC(=O)CC(C)(C)OC)cc1. The van der Waals surface area contributed by atoms with Crippen molar-refractivity contribution < 1.29 is 9.53 Å². The second-order valence-corrected chi connectivity index (χ2v) is 5.56. The van der Waals surface area contributed by atoms with Crippen molar-refractivity contribution >= 4 is 11.6 Å². The molecule has 0 unspecified atom stereocenters. The molecular weight excluding hydrogens is 252 g/mol. The number of anilines is 1. The topological polar surface area (TPSA) is 50.4 Å². The van der Waals surface area contributed by atoms with E-state index in [9.17, 15) is 4.79 Å². The van der Waals surface area contributed by atoms with E-state index in [0.717, 1.165) is 25.2 Å². The van der Waals surface area contributed by atoms with Crippen LogP contribution in [0.15, 0.2) is 24.3 Å². The van der Waals surface area contributed by atoms with Gasteiger partial charge in [0.25, 0.3) is 0 Å². The van der Waals surface area contributed by atoms with Crippen LogP contribution in [0.3, 0.4) is 0 Å². The summed E-state index contributed by atoms with van der Waals surface area (Å²) in [6, 6.07) is 7.92. The van der Waals surface area contributed by atoms with Crippen LogP contribution in [0.5, 0.6) is 0 Å². The molecular formula is C16H26N2O2. The van der Waals surface area contributed by atoms with Crippen molar-refractivity contribution in [1.29, 1.82) is 0 Å². The van der Waals surface area contributed by atoms with Gasteiger partial charge in [0.1, 0.15) is 0 Å². The van der Waals surface area contributed by atoms with E-state index in [4.69, 9.17) is 4.74 Å². The zero-order valence-electron chi connectivity index (χ0n) is 13.0. The van der Waals surface area contributed by atoms with E-state index in [1.54, 1.807) is 7.11 Å². The number of rotatable bonds is 8. The van der Waals surface area contributed by atoms with Crippen LogP contribution in [-0.4, -0.2) is 25.2 Å². The van der Waals surface area contributed by atoms with Gasteiger partial charge in [0.15, 0.2) is 0 Å². The van der Waals surface area contributed by atoms with Crippen molar-refractivity contribution in [3.63, 3.8) is 0 Å². The fourth-order valence-corrected chi connectivity index (χ4v) is 1.78. The first-order chi connectivity index (χ1) is 9.46. The molecule has 0 atom stereocenters. The van der Waals surface area contributed by atoms with Crippen LogP contribution in [0.4, 0.5) is 5.69 Å². The number of benzene rings is 1. The van der Waals surface area contributed by atoms with E-state index in [-0.39, 0.29) is 5.91 Å². The van der Waals surface area contributed by atoms with E-state index in [2.05, 4.69) is 17.6 Å². The molecule has 20 heavy (non-hydrogen) atoms. The Balaban J connectivity index is 2.46. The highest BCUT2D eigenvalue weighted by Gasteiger charge is 2.20. The predicted molar refractivity (Wildman–Crippen MR) is 82.8 cm³/mol. The Morgan fingerprint density at radius 2 is 1.90 bits per heavy atom. The van der Waals surface area contributed by atoms with E-state index in [1.807, 2.05) is 38.1 Å². The smallest absolute Gasteiger partial charge is 0.227 e. The highest BCUT2D eigenvalue weighted by atomic mass is 16.5. The van der Waals surface area contributed by atoms with E-state index < -0.39 is 5.60 Å². The highest BCUT2D eigenvalue weighted by Crippen LogP contribution is 2.15. The molecule has 0 saturated carbocycles. The molecule has 2 N–H and O–H groups in total. The Hall–Kier alpha value is -1.39. The Morgan fingerprint density at radius 1 is 1.25 bits per heavy atom. The third-order valence-corrected chi connectivity index (χ3v) is 3.13. The van der Waals surface area contributed by atoms with Crippen molar-refractivity contribution in [3.05, 3.63) is 29.8 Å². The Labute approximate surface area is 121 Å². The third-order valence-electron chi connectivity index (χ3n) is 3.13. The zero-order valence-corrected chi connectivity index (χ0v) is 13.0. The summed E-state index contributed by atoms with van der Waals surface area (Å²) in [7, 11) is 1.62. The molecule has 0 aromatic heterocycles. The maximum Gasteiger partial charge on any atom is 0.227 e. The average Bonchev–Trinajstić information content (AvgIpc) is 2.40. The number of nitrogens with one attached hydrogen (secondary N) is 2. The molecule has 1 aromatic carbocycles. The lowest BCUT2D eigenvalue weighted by atomic mass is 10.0. The molecule has 112 valence electrons. The summed E-state index contributed by atoms with van der Waals surface area (Å²) in [6.45, 7) is 7.82. The Bertz CT molecular complexity index is 413. The lowest BCUT2D eigenvalue weighted by molar-refractivity contribution is -0.121. The molecule has 4 heteroatoms. The molecule has 0 radical (unpaired) electrons. The lowest BCUT2D eigenvalue weighted by Gasteiger charge is -2.21. The predicted octanol–water partition coefficient (Wildman–Crippen LogP) is 2.94. The minimum Gasteiger partial charge on any atom is -0.378 e. The molecule has 0 bridgehead atoms. The maximum absolute atomic E-state index is 11.9. The molecule has 0 spiro atoms. The number of ether oxygens (including phenoxy) is 1. The minimum atomic E-state index is -0.436. The van der Waals surface area contributed by atoms with Gasteiger partial charge in [-0.25, -0.2) is 0 Å². The molecule has 0 aliphatic carbocycles. The molecule has 1 amide bonds. The summed E-state index contributed by atoms with van der Waals surface area (Å²) in [6.07, 6.45) is 1.47. The van der Waals surface area contributed by atoms with Crippen LogP contribution in [0, 0.1) is 0 Å². The number of hydrogen-bond donors (Lipinski definition) is 2. The molecule has 4 nitrogen and oxygen atoms in total. The molecule has 0 saturated heterocycles. The second kappa shape index (κ2) is 8.02. The first-order valence-corrected chi connectivity index (χ1v) is 7.11. The van der Waals surface area contributed by atoms with Crippen LogP contribution in [0.2, 0.25) is 0 Å². The molecule has 1 aromatic rings. The quantitative estimate of drug-likeness (QED) is 0.719. The van der Waals surface area contributed by atoms with E-state index in [1.165, 1.54) is 5.56 Å². The Kier molecular flexibility index (Phi) is 6.68. The van der Waals surface area contributed by atoms with Gasteiger partial charge >= 0.3 is 0 Å². The lowest BCUT2D eigenvalue weighted by Crippen LogP contribution is -2.29. The number of carbonyl (C=O) groups is 1. The van der Waals surface area contributed by atoms with Gasteiger partial charge < -0.3 is 15.4 Å². The van der Waals surface area contributed by atoms with Crippen molar-refractivity contribution in [3.8, 4) is 0 Å². The van der Waals surface area contributed by atoms with Crippen molar-refractivity contribution in [2.45, 2.75) is 45.8 Å². The van der Waals surface area contributed by atoms with E-state index in [0.29, 0.717) is 6.42 Å². The normalized spacial score (nSPS) is 11.4. The fourth-order valence-electron chi connectivity index (χ4n) is 1.78. The standard InChI is InChI=1S/C16H26N2O2/c1-5-10-17-12-13-6-8-14(9-7-13)18-15(19)11-16(2,3)20-4/h6-9,17H,5,10-12H2,1-4H3,(H,18,19). The van der Waals surface area contributed by atoms with Gasteiger partial charge in [0.2, 0.25) is 5.91 Å². The second-order valence-electron chi connectivity index (χ2n) is 5.56. The maximum atomic E-state index is 11.9. The molecule has 0 fully saturated rings. The minimum absolute atomic E-state index is 0.0336. The summed E-state index contributed by atoms with van der Waals surface area (Å²) < 4.78 is 5.25. The monoisotopic (exact) mass is 278 g/mol. The van der Waals surface area contributed by atoms with Gasteiger partial charge in [-0.05, 0) is 44.5 Å². The van der Waals surface area contributed by atoms with Crippen molar-refractivity contribution in [1.82, 2.24) is 5.32 Å². The number of carbonyl (C=O) groups excluding carboxylic acids is 1. The van der Waals surface area contributed by atoms with E-state index >= 15 is 0 Å². The average molecular weight is 278 g/mol. The van der Waals surface area contributed by atoms with Crippen molar-refractivity contribution in [2.75, 3.05) is 19.0 Å².